The molecule has 4 rings (SSSR count). The molecule has 0 saturated carbocycles. The van der Waals surface area contributed by atoms with E-state index in [9.17, 15) is 9.59 Å². The van der Waals surface area contributed by atoms with Crippen LogP contribution in [0.5, 0.6) is 0 Å². The summed E-state index contributed by atoms with van der Waals surface area (Å²) in [6.45, 7) is 4.17. The minimum absolute atomic E-state index is 0.0889. The number of amides is 2. The van der Waals surface area contributed by atoms with Crippen molar-refractivity contribution in [2.45, 2.75) is 45.3 Å². The van der Waals surface area contributed by atoms with Gasteiger partial charge in [0.15, 0.2) is 0 Å². The first-order chi connectivity index (χ1) is 15.0. The highest BCUT2D eigenvalue weighted by atomic mass is 16.2. The van der Waals surface area contributed by atoms with Crippen molar-refractivity contribution in [3.05, 3.63) is 71.5 Å². The molecule has 2 amide bonds. The Morgan fingerprint density at radius 2 is 1.94 bits per heavy atom. The molecule has 2 heterocycles. The Hall–Kier alpha value is -3.25. The summed E-state index contributed by atoms with van der Waals surface area (Å²) in [6.07, 6.45) is 3.17. The van der Waals surface area contributed by atoms with Crippen molar-refractivity contribution in [3.8, 4) is 0 Å². The van der Waals surface area contributed by atoms with Crippen molar-refractivity contribution in [2.75, 3.05) is 11.9 Å². The molecule has 2 N–H and O–H groups in total. The number of rotatable bonds is 5. The number of nitrogens with one attached hydrogen (secondary N) is 2. The Balaban J connectivity index is 1.74. The summed E-state index contributed by atoms with van der Waals surface area (Å²) >= 11 is 0. The quantitative estimate of drug-likeness (QED) is 0.670. The highest BCUT2D eigenvalue weighted by Gasteiger charge is 2.32. The van der Waals surface area contributed by atoms with Gasteiger partial charge in [-0.2, -0.15) is 0 Å². The summed E-state index contributed by atoms with van der Waals surface area (Å²) in [5.74, 6) is -0.260. The number of aryl methyl sites for hydroxylation is 2. The molecule has 0 bridgehead atoms. The standard InChI is InChI=1S/C25H28N4O2/c1-16-21(20-10-6-4-9-19(20)14-27-16)15-29-23-11-7-5-8-18(23)12-13-22(25(29)31)28-24(30)17(2)26-3/h4-11,14,17,22,26H,12-13,15H2,1-3H3,(H,28,30)/t17-,22?/m0/s1. The van der Waals surface area contributed by atoms with Crippen molar-refractivity contribution >= 4 is 28.3 Å². The zero-order valence-corrected chi connectivity index (χ0v) is 18.2. The molecule has 2 atom stereocenters. The topological polar surface area (TPSA) is 74.3 Å². The van der Waals surface area contributed by atoms with E-state index in [0.717, 1.165) is 39.7 Å². The van der Waals surface area contributed by atoms with E-state index in [1.165, 1.54) is 0 Å². The smallest absolute Gasteiger partial charge is 0.249 e. The largest absolute Gasteiger partial charge is 0.343 e. The van der Waals surface area contributed by atoms with E-state index >= 15 is 0 Å². The SMILES string of the molecule is CN[C@@H](C)C(=O)NC1CCc2ccccc2N(Cc2c(C)ncc3ccccc23)C1=O. The van der Waals surface area contributed by atoms with Crippen molar-refractivity contribution in [2.24, 2.45) is 0 Å². The van der Waals surface area contributed by atoms with Gasteiger partial charge in [-0.25, -0.2) is 0 Å². The predicted octanol–water partition coefficient (Wildman–Crippen LogP) is 3.12. The third-order valence-corrected chi connectivity index (χ3v) is 6.13. The van der Waals surface area contributed by atoms with Gasteiger partial charge in [0.25, 0.3) is 0 Å². The number of fused-ring (bicyclic) bond motifs is 2. The van der Waals surface area contributed by atoms with Crippen LogP contribution in [-0.2, 0) is 22.6 Å². The van der Waals surface area contributed by atoms with Crippen LogP contribution in [0, 0.1) is 6.92 Å². The molecule has 1 aliphatic heterocycles. The molecule has 160 valence electrons. The van der Waals surface area contributed by atoms with Crippen LogP contribution in [0.15, 0.2) is 54.7 Å². The molecule has 3 aromatic rings. The van der Waals surface area contributed by atoms with Crippen LogP contribution < -0.4 is 15.5 Å². The summed E-state index contributed by atoms with van der Waals surface area (Å²) < 4.78 is 0. The van der Waals surface area contributed by atoms with E-state index in [1.807, 2.05) is 54.4 Å². The summed E-state index contributed by atoms with van der Waals surface area (Å²) in [6, 6.07) is 15.2. The Bertz CT molecular complexity index is 1130. The highest BCUT2D eigenvalue weighted by Crippen LogP contribution is 2.31. The van der Waals surface area contributed by atoms with Gasteiger partial charge < -0.3 is 15.5 Å². The predicted molar refractivity (Wildman–Crippen MR) is 123 cm³/mol. The lowest BCUT2D eigenvalue weighted by Gasteiger charge is -2.28. The molecule has 31 heavy (non-hydrogen) atoms. The highest BCUT2D eigenvalue weighted by molar-refractivity contribution is 6.01. The summed E-state index contributed by atoms with van der Waals surface area (Å²) in [7, 11) is 1.73. The molecule has 2 aromatic carbocycles. The number of likely N-dealkylation sites (N-methyl/N-ethyl adjacent to an activating group) is 1. The molecule has 0 fully saturated rings. The van der Waals surface area contributed by atoms with E-state index in [1.54, 1.807) is 14.0 Å². The summed E-state index contributed by atoms with van der Waals surface area (Å²) in [5.41, 5.74) is 3.94. The van der Waals surface area contributed by atoms with Gasteiger partial charge in [0, 0.05) is 28.5 Å². The third kappa shape index (κ3) is 4.16. The molecule has 1 unspecified atom stereocenters. The fourth-order valence-corrected chi connectivity index (χ4v) is 4.12. The Morgan fingerprint density at radius 3 is 2.74 bits per heavy atom. The average molecular weight is 417 g/mol. The number of pyridine rings is 1. The number of carbonyl (C=O) groups excluding carboxylic acids is 2. The van der Waals surface area contributed by atoms with Crippen LogP contribution in [0.1, 0.15) is 30.2 Å². The van der Waals surface area contributed by atoms with Crippen molar-refractivity contribution < 1.29 is 9.59 Å². The number of hydrogen-bond donors (Lipinski definition) is 2. The van der Waals surface area contributed by atoms with Crippen LogP contribution >= 0.6 is 0 Å². The zero-order valence-electron chi connectivity index (χ0n) is 18.2. The molecule has 0 spiro atoms. The second-order valence-corrected chi connectivity index (χ2v) is 8.07. The number of benzene rings is 2. The molecular formula is C25H28N4O2. The lowest BCUT2D eigenvalue weighted by molar-refractivity contribution is -0.128. The maximum Gasteiger partial charge on any atom is 0.249 e. The molecule has 1 aromatic heterocycles. The van der Waals surface area contributed by atoms with Gasteiger partial charge in [-0.05, 0) is 50.8 Å². The van der Waals surface area contributed by atoms with Crippen molar-refractivity contribution in [1.82, 2.24) is 15.6 Å². The lowest BCUT2D eigenvalue weighted by Crippen LogP contribution is -2.52. The second kappa shape index (κ2) is 8.86. The van der Waals surface area contributed by atoms with Crippen LogP contribution in [0.3, 0.4) is 0 Å². The second-order valence-electron chi connectivity index (χ2n) is 8.07. The van der Waals surface area contributed by atoms with E-state index in [0.29, 0.717) is 13.0 Å². The van der Waals surface area contributed by atoms with Crippen molar-refractivity contribution in [1.29, 1.82) is 0 Å². The summed E-state index contributed by atoms with van der Waals surface area (Å²) in [4.78, 5) is 32.6. The van der Waals surface area contributed by atoms with Gasteiger partial charge in [0.05, 0.1) is 12.6 Å². The number of carbonyl (C=O) groups is 2. The minimum Gasteiger partial charge on any atom is -0.343 e. The maximum absolute atomic E-state index is 13.7. The van der Waals surface area contributed by atoms with Gasteiger partial charge in [0.1, 0.15) is 6.04 Å². The van der Waals surface area contributed by atoms with E-state index in [-0.39, 0.29) is 17.9 Å². The fourth-order valence-electron chi connectivity index (χ4n) is 4.12. The molecule has 0 radical (unpaired) electrons. The average Bonchev–Trinajstić information content (AvgIpc) is 2.92. The Labute approximate surface area is 182 Å². The number of nitrogens with zero attached hydrogens (tertiary/aromatic N) is 2. The normalized spacial score (nSPS) is 17.2. The molecule has 6 heteroatoms. The number of aromatic nitrogens is 1. The Morgan fingerprint density at radius 1 is 1.19 bits per heavy atom. The molecular weight excluding hydrogens is 388 g/mol. The molecule has 6 nitrogen and oxygen atoms in total. The number of para-hydroxylation sites is 1. The maximum atomic E-state index is 13.7. The molecule has 0 saturated heterocycles. The van der Waals surface area contributed by atoms with Gasteiger partial charge in [-0.15, -0.1) is 0 Å². The van der Waals surface area contributed by atoms with Crippen LogP contribution in [-0.4, -0.2) is 35.9 Å². The van der Waals surface area contributed by atoms with Crippen LogP contribution in [0.25, 0.3) is 10.8 Å². The lowest BCUT2D eigenvalue weighted by atomic mass is 10.0. The summed E-state index contributed by atoms with van der Waals surface area (Å²) in [5, 5.41) is 8.03. The van der Waals surface area contributed by atoms with Gasteiger partial charge in [0.2, 0.25) is 11.8 Å². The van der Waals surface area contributed by atoms with Crippen LogP contribution in [0.2, 0.25) is 0 Å². The monoisotopic (exact) mass is 416 g/mol. The van der Waals surface area contributed by atoms with Gasteiger partial charge in [-0.1, -0.05) is 42.5 Å². The molecule has 1 aliphatic rings. The van der Waals surface area contributed by atoms with Crippen molar-refractivity contribution in [3.63, 3.8) is 0 Å². The van der Waals surface area contributed by atoms with E-state index in [4.69, 9.17) is 0 Å². The minimum atomic E-state index is -0.570. The number of hydrogen-bond acceptors (Lipinski definition) is 4. The third-order valence-electron chi connectivity index (χ3n) is 6.13. The fraction of sp³-hybridized carbons (Fsp3) is 0.320. The van der Waals surface area contributed by atoms with E-state index < -0.39 is 6.04 Å². The zero-order chi connectivity index (χ0) is 22.0. The first-order valence-electron chi connectivity index (χ1n) is 10.7. The Kier molecular flexibility index (Phi) is 6.00. The van der Waals surface area contributed by atoms with Crippen LogP contribution in [0.4, 0.5) is 5.69 Å². The van der Waals surface area contributed by atoms with Gasteiger partial charge >= 0.3 is 0 Å². The van der Waals surface area contributed by atoms with Gasteiger partial charge in [-0.3, -0.25) is 14.6 Å². The first kappa shape index (κ1) is 21.0. The first-order valence-corrected chi connectivity index (χ1v) is 10.7. The molecule has 0 aliphatic carbocycles. The number of anilines is 1. The van der Waals surface area contributed by atoms with E-state index in [2.05, 4.69) is 27.8 Å².